The number of carbonyl (C=O) groups excluding carboxylic acids is 2. The monoisotopic (exact) mass is 537 g/mol. The number of amides is 1. The van der Waals surface area contributed by atoms with Crippen molar-refractivity contribution in [2.75, 3.05) is 5.32 Å². The molecule has 1 fully saturated rings. The highest BCUT2D eigenvalue weighted by atomic mass is 35.5. The summed E-state index contributed by atoms with van der Waals surface area (Å²) in [6, 6.07) is 20.4. The summed E-state index contributed by atoms with van der Waals surface area (Å²) < 4.78 is 14.6. The lowest BCUT2D eigenvalue weighted by atomic mass is 9.75. The molecule has 2 unspecified atom stereocenters. The summed E-state index contributed by atoms with van der Waals surface area (Å²) in [6.07, 6.45) is -0.0106. The molecular weight excluding hydrogens is 517 g/mol. The van der Waals surface area contributed by atoms with Crippen LogP contribution in [-0.2, 0) is 21.7 Å². The number of piperidine rings is 1. The maximum atomic E-state index is 13.7. The minimum Gasteiger partial charge on any atom is -0.366 e. The molecule has 5 rings (SSSR count). The second kappa shape index (κ2) is 10.0. The van der Waals surface area contributed by atoms with Gasteiger partial charge in [-0.25, -0.2) is 9.37 Å². The van der Waals surface area contributed by atoms with Gasteiger partial charge in [-0.05, 0) is 63.8 Å². The Morgan fingerprint density at radius 2 is 1.86 bits per heavy atom. The Bertz CT molecular complexity index is 1410. The van der Waals surface area contributed by atoms with Crippen molar-refractivity contribution in [1.29, 1.82) is 0 Å². The van der Waals surface area contributed by atoms with Gasteiger partial charge in [0.25, 0.3) is 0 Å². The lowest BCUT2D eigenvalue weighted by molar-refractivity contribution is -0.142. The number of ketones is 1. The number of carbonyl (C=O) groups is 2. The Morgan fingerprint density at radius 3 is 2.58 bits per heavy atom. The summed E-state index contributed by atoms with van der Waals surface area (Å²) in [5.74, 6) is -1.49. The van der Waals surface area contributed by atoms with Gasteiger partial charge in [-0.3, -0.25) is 13.9 Å². The lowest BCUT2D eigenvalue weighted by Crippen LogP contribution is -2.54. The summed E-state index contributed by atoms with van der Waals surface area (Å²) >= 11 is 12.5. The Morgan fingerprint density at radius 1 is 1.08 bits per heavy atom. The molecule has 2 aromatic heterocycles. The molecule has 0 spiro atoms. The first kappa shape index (κ1) is 24.5. The van der Waals surface area contributed by atoms with Crippen LogP contribution in [0.15, 0.2) is 83.6 Å². The van der Waals surface area contributed by atoms with Gasteiger partial charge in [0, 0.05) is 18.0 Å². The van der Waals surface area contributed by atoms with E-state index in [-0.39, 0.29) is 18.0 Å². The molecule has 4 aromatic rings. The number of pyridine rings is 1. The third-order valence-corrected chi connectivity index (χ3v) is 7.91. The highest BCUT2D eigenvalue weighted by molar-refractivity contribution is 7.78. The molecule has 1 amide bonds. The van der Waals surface area contributed by atoms with Gasteiger partial charge in [0.15, 0.2) is 5.78 Å². The number of Topliss-reactive ketones (excluding diaryl/α,β-unsaturated/α-hetero) is 1. The maximum Gasteiger partial charge on any atom is 0.248 e. The first-order valence-electron chi connectivity index (χ1n) is 11.2. The van der Waals surface area contributed by atoms with Gasteiger partial charge in [0.2, 0.25) is 5.91 Å². The fraction of sp³-hybridized carbons (Fsp3) is 0.148. The third-order valence-electron chi connectivity index (χ3n) is 6.34. The molecule has 36 heavy (non-hydrogen) atoms. The number of hydrogen-bond donors (Lipinski definition) is 2. The Labute approximate surface area is 222 Å². The Hall–Kier alpha value is -3.20. The van der Waals surface area contributed by atoms with Crippen molar-refractivity contribution in [3.05, 3.63) is 117 Å². The molecule has 5 nitrogen and oxygen atoms in total. The average Bonchev–Trinajstić information content (AvgIpc) is 3.43. The van der Waals surface area contributed by atoms with Crippen LogP contribution in [0.1, 0.15) is 34.7 Å². The number of halogens is 2. The number of benzene rings is 2. The van der Waals surface area contributed by atoms with Crippen LogP contribution in [0.25, 0.3) is 0 Å². The summed E-state index contributed by atoms with van der Waals surface area (Å²) in [5.41, 5.74) is 1.43. The third kappa shape index (κ3) is 4.40. The molecule has 0 radical (unpaired) electrons. The van der Waals surface area contributed by atoms with E-state index < -0.39 is 17.4 Å². The Kier molecular flexibility index (Phi) is 6.83. The molecular formula is C27H21ClFN3O2S2. The molecule has 3 heterocycles. The van der Waals surface area contributed by atoms with Crippen molar-refractivity contribution in [2.45, 2.75) is 24.4 Å². The van der Waals surface area contributed by atoms with Crippen LogP contribution in [-0.4, -0.2) is 21.0 Å². The zero-order valence-electron chi connectivity index (χ0n) is 18.9. The predicted octanol–water partition coefficient (Wildman–Crippen LogP) is 6.22. The van der Waals surface area contributed by atoms with Crippen LogP contribution in [0, 0.1) is 5.82 Å². The van der Waals surface area contributed by atoms with E-state index in [9.17, 15) is 14.0 Å². The SMILES string of the molecule is O=C1CC(c2ccsc2)(c2cccc(NCc3ccc(F)cc3)n2)N(S)C(=O)C1c1ccccc1Cl. The molecule has 0 saturated carbocycles. The van der Waals surface area contributed by atoms with E-state index in [1.54, 1.807) is 48.5 Å². The van der Waals surface area contributed by atoms with Gasteiger partial charge < -0.3 is 5.32 Å². The van der Waals surface area contributed by atoms with Gasteiger partial charge in [-0.1, -0.05) is 60.8 Å². The van der Waals surface area contributed by atoms with E-state index in [4.69, 9.17) is 16.6 Å². The van der Waals surface area contributed by atoms with Crippen molar-refractivity contribution in [2.24, 2.45) is 0 Å². The van der Waals surface area contributed by atoms with E-state index >= 15 is 0 Å². The topological polar surface area (TPSA) is 62.3 Å². The van der Waals surface area contributed by atoms with Crippen LogP contribution in [0.3, 0.4) is 0 Å². The highest BCUT2D eigenvalue weighted by Gasteiger charge is 2.53. The molecule has 2 atom stereocenters. The van der Waals surface area contributed by atoms with Crippen LogP contribution in [0.2, 0.25) is 5.02 Å². The first-order chi connectivity index (χ1) is 17.4. The molecule has 1 aliphatic heterocycles. The fourth-order valence-electron chi connectivity index (χ4n) is 4.52. The van der Waals surface area contributed by atoms with Crippen molar-refractivity contribution in [1.82, 2.24) is 9.29 Å². The summed E-state index contributed by atoms with van der Waals surface area (Å²) in [4.78, 5) is 32.1. The molecule has 182 valence electrons. The predicted molar refractivity (Wildman–Crippen MR) is 143 cm³/mol. The van der Waals surface area contributed by atoms with Gasteiger partial charge >= 0.3 is 0 Å². The standard InChI is InChI=1S/C27H21ClFN3O2S2/c28-21-5-2-1-4-20(21)25-22(33)14-27(32(35)26(25)34,18-12-13-36-16-18)23-6-3-7-24(31-23)30-15-17-8-10-19(29)11-9-17/h1-13,16,25,35H,14-15H2,(H,30,31). The zero-order valence-corrected chi connectivity index (χ0v) is 21.4. The quantitative estimate of drug-likeness (QED) is 0.226. The number of thiophene rings is 1. The largest absolute Gasteiger partial charge is 0.366 e. The Balaban J connectivity index is 1.52. The number of anilines is 1. The number of hydrogen-bond acceptors (Lipinski definition) is 6. The van der Waals surface area contributed by atoms with Crippen LogP contribution in [0.4, 0.5) is 10.2 Å². The van der Waals surface area contributed by atoms with Crippen LogP contribution in [0.5, 0.6) is 0 Å². The summed E-state index contributed by atoms with van der Waals surface area (Å²) in [7, 11) is 0. The van der Waals surface area contributed by atoms with Crippen molar-refractivity contribution < 1.29 is 14.0 Å². The number of nitrogens with zero attached hydrogens (tertiary/aromatic N) is 2. The molecule has 1 N–H and O–H groups in total. The van der Waals surface area contributed by atoms with Gasteiger partial charge in [-0.2, -0.15) is 11.3 Å². The highest BCUT2D eigenvalue weighted by Crippen LogP contribution is 2.48. The normalized spacial score (nSPS) is 20.0. The minimum atomic E-state index is -1.19. The molecule has 1 aliphatic rings. The van der Waals surface area contributed by atoms with Crippen molar-refractivity contribution in [3.8, 4) is 0 Å². The van der Waals surface area contributed by atoms with Gasteiger partial charge in [0.05, 0.1) is 5.69 Å². The molecule has 0 bridgehead atoms. The molecule has 1 saturated heterocycles. The van der Waals surface area contributed by atoms with Crippen molar-refractivity contribution in [3.63, 3.8) is 0 Å². The summed E-state index contributed by atoms with van der Waals surface area (Å²) in [6.45, 7) is 0.430. The van der Waals surface area contributed by atoms with E-state index in [0.717, 1.165) is 11.1 Å². The molecule has 2 aromatic carbocycles. The average molecular weight is 538 g/mol. The van der Waals surface area contributed by atoms with Gasteiger partial charge in [-0.15, -0.1) is 0 Å². The first-order valence-corrected chi connectivity index (χ1v) is 12.9. The molecule has 0 aliphatic carbocycles. The van der Waals surface area contributed by atoms with Crippen LogP contribution >= 0.6 is 35.8 Å². The lowest BCUT2D eigenvalue weighted by Gasteiger charge is -2.45. The number of nitrogens with one attached hydrogen (secondary N) is 1. The second-order valence-electron chi connectivity index (χ2n) is 8.51. The number of aromatic nitrogens is 1. The molecule has 9 heteroatoms. The van der Waals surface area contributed by atoms with Crippen molar-refractivity contribution >= 4 is 53.3 Å². The van der Waals surface area contributed by atoms with E-state index in [1.165, 1.54) is 27.8 Å². The van der Waals surface area contributed by atoms with E-state index in [2.05, 4.69) is 18.1 Å². The second-order valence-corrected chi connectivity index (χ2v) is 10.1. The zero-order chi connectivity index (χ0) is 25.3. The number of thiol groups is 1. The van der Waals surface area contributed by atoms with Crippen LogP contribution < -0.4 is 5.32 Å². The number of rotatable bonds is 6. The summed E-state index contributed by atoms with van der Waals surface area (Å²) in [5, 5.41) is 7.40. The van der Waals surface area contributed by atoms with E-state index in [0.29, 0.717) is 28.6 Å². The maximum absolute atomic E-state index is 13.7. The van der Waals surface area contributed by atoms with E-state index in [1.807, 2.05) is 22.9 Å². The fourth-order valence-corrected chi connectivity index (χ4v) is 5.90. The van der Waals surface area contributed by atoms with Gasteiger partial charge in [0.1, 0.15) is 23.1 Å². The smallest absolute Gasteiger partial charge is 0.248 e. The minimum absolute atomic E-state index is 0.0106.